The number of nitrogens with zero attached hydrogens (tertiary/aromatic N) is 3. The molecule has 0 spiro atoms. The van der Waals surface area contributed by atoms with Crippen molar-refractivity contribution in [3.63, 3.8) is 0 Å². The molecule has 3 N–H and O–H groups in total. The van der Waals surface area contributed by atoms with E-state index in [4.69, 9.17) is 10.5 Å². The Hall–Kier alpha value is -2.55. The zero-order chi connectivity index (χ0) is 17.7. The van der Waals surface area contributed by atoms with Crippen molar-refractivity contribution in [2.45, 2.75) is 52.4 Å². The summed E-state index contributed by atoms with van der Waals surface area (Å²) < 4.78 is 7.22. The Bertz CT molecular complexity index is 777. The minimum absolute atomic E-state index is 0.0189. The van der Waals surface area contributed by atoms with Crippen LogP contribution in [0.5, 0.6) is 0 Å². The van der Waals surface area contributed by atoms with E-state index in [2.05, 4.69) is 15.0 Å². The average molecular weight is 335 g/mol. The fourth-order valence-electron chi connectivity index (χ4n) is 2.24. The van der Waals surface area contributed by atoms with Crippen molar-refractivity contribution in [3.05, 3.63) is 16.7 Å². The average Bonchev–Trinajstić information content (AvgIpc) is 2.95. The van der Waals surface area contributed by atoms with Gasteiger partial charge in [-0.15, -0.1) is 0 Å². The van der Waals surface area contributed by atoms with Crippen molar-refractivity contribution < 1.29 is 14.3 Å². The largest absolute Gasteiger partial charge is 0.369 e. The normalized spacial score (nSPS) is 11.3. The summed E-state index contributed by atoms with van der Waals surface area (Å²) in [5, 5.41) is 0. The minimum Gasteiger partial charge on any atom is -0.369 e. The summed E-state index contributed by atoms with van der Waals surface area (Å²) in [6, 6.07) is 0. The molecule has 0 aliphatic heterocycles. The van der Waals surface area contributed by atoms with E-state index in [1.807, 2.05) is 0 Å². The molecule has 0 saturated carbocycles. The number of rotatable bonds is 9. The summed E-state index contributed by atoms with van der Waals surface area (Å²) in [4.78, 5) is 45.5. The molecule has 9 nitrogen and oxygen atoms in total. The predicted octanol–water partition coefficient (Wildman–Crippen LogP) is 0.783. The standard InChI is InChI=1S/C15H21N5O4/c1-3-9(21)5-11(6-10(22)4-2)24-8-20-7-17-12-13(20)18-15(16)19-14(12)23/h7,11H,3-6,8H2,1-2H3,(H3,16,18,19,23). The monoisotopic (exact) mass is 335 g/mol. The van der Waals surface area contributed by atoms with Crippen LogP contribution < -0.4 is 11.3 Å². The lowest BCUT2D eigenvalue weighted by Gasteiger charge is -2.16. The van der Waals surface area contributed by atoms with Crippen LogP contribution in [0.1, 0.15) is 39.5 Å². The molecule has 0 radical (unpaired) electrons. The second kappa shape index (κ2) is 7.82. The maximum Gasteiger partial charge on any atom is 0.280 e. The van der Waals surface area contributed by atoms with Crippen molar-refractivity contribution >= 4 is 28.7 Å². The molecule has 9 heteroatoms. The molecule has 2 heterocycles. The lowest BCUT2D eigenvalue weighted by molar-refractivity contribution is -0.126. The summed E-state index contributed by atoms with van der Waals surface area (Å²) in [6.45, 7) is 3.55. The van der Waals surface area contributed by atoms with Gasteiger partial charge in [-0.3, -0.25) is 23.9 Å². The Balaban J connectivity index is 2.14. The Morgan fingerprint density at radius 3 is 2.50 bits per heavy atom. The minimum atomic E-state index is -0.512. The number of H-pyrrole nitrogens is 1. The SMILES string of the molecule is CCC(=O)CC(CC(=O)CC)OCn1cnc2c(=O)[nH]c(N)nc21. The summed E-state index contributed by atoms with van der Waals surface area (Å²) in [5.74, 6) is 0.0320. The highest BCUT2D eigenvalue weighted by atomic mass is 16.5. The van der Waals surface area contributed by atoms with E-state index in [0.29, 0.717) is 18.5 Å². The van der Waals surface area contributed by atoms with E-state index in [9.17, 15) is 14.4 Å². The number of aromatic nitrogens is 4. The van der Waals surface area contributed by atoms with Gasteiger partial charge in [-0.1, -0.05) is 13.8 Å². The summed E-state index contributed by atoms with van der Waals surface area (Å²) in [6.07, 6.45) is 2.02. The first-order valence-corrected chi connectivity index (χ1v) is 7.80. The first-order valence-electron chi connectivity index (χ1n) is 7.80. The smallest absolute Gasteiger partial charge is 0.280 e. The van der Waals surface area contributed by atoms with Crippen LogP contribution in [0.15, 0.2) is 11.1 Å². The fourth-order valence-corrected chi connectivity index (χ4v) is 2.24. The molecular weight excluding hydrogens is 314 g/mol. The first-order chi connectivity index (χ1) is 11.4. The number of aromatic amines is 1. The van der Waals surface area contributed by atoms with Crippen molar-refractivity contribution in [1.82, 2.24) is 19.5 Å². The van der Waals surface area contributed by atoms with E-state index in [0.717, 1.165) is 0 Å². The Kier molecular flexibility index (Phi) is 5.80. The molecule has 0 saturated heterocycles. The number of nitrogens with two attached hydrogens (primary N) is 1. The molecular formula is C15H21N5O4. The van der Waals surface area contributed by atoms with E-state index in [-0.39, 0.29) is 42.6 Å². The number of fused-ring (bicyclic) bond motifs is 1. The van der Waals surface area contributed by atoms with Gasteiger partial charge < -0.3 is 10.5 Å². The molecule has 0 bridgehead atoms. The van der Waals surface area contributed by atoms with Gasteiger partial charge in [0.15, 0.2) is 11.2 Å². The third-order valence-electron chi connectivity index (χ3n) is 3.64. The quantitative estimate of drug-likeness (QED) is 0.691. The number of nitrogen functional groups attached to an aromatic ring is 1. The van der Waals surface area contributed by atoms with Crippen LogP contribution in [0, 0.1) is 0 Å². The second-order valence-corrected chi connectivity index (χ2v) is 5.45. The molecule has 0 aliphatic carbocycles. The van der Waals surface area contributed by atoms with E-state index in [1.165, 1.54) is 10.9 Å². The second-order valence-electron chi connectivity index (χ2n) is 5.45. The number of carbonyl (C=O) groups is 2. The Morgan fingerprint density at radius 1 is 1.29 bits per heavy atom. The number of ether oxygens (including phenoxy) is 1. The summed E-state index contributed by atoms with van der Waals surface area (Å²) >= 11 is 0. The van der Waals surface area contributed by atoms with Gasteiger partial charge in [0.1, 0.15) is 18.3 Å². The van der Waals surface area contributed by atoms with Crippen molar-refractivity contribution in [3.8, 4) is 0 Å². The van der Waals surface area contributed by atoms with Crippen molar-refractivity contribution in [2.24, 2.45) is 0 Å². The number of anilines is 1. The molecule has 0 atom stereocenters. The molecule has 0 aromatic carbocycles. The maximum atomic E-state index is 11.7. The van der Waals surface area contributed by atoms with Crippen molar-refractivity contribution in [2.75, 3.05) is 5.73 Å². The molecule has 2 aromatic heterocycles. The van der Waals surface area contributed by atoms with Crippen LogP contribution in [0.3, 0.4) is 0 Å². The summed E-state index contributed by atoms with van der Waals surface area (Å²) in [7, 11) is 0. The van der Waals surface area contributed by atoms with E-state index >= 15 is 0 Å². The van der Waals surface area contributed by atoms with Crippen molar-refractivity contribution in [1.29, 1.82) is 0 Å². The first kappa shape index (κ1) is 17.8. The molecule has 2 aromatic rings. The zero-order valence-corrected chi connectivity index (χ0v) is 13.7. The number of Topliss-reactive ketones (excluding diaryl/α,β-unsaturated/α-hetero) is 2. The van der Waals surface area contributed by atoms with Gasteiger partial charge in [0.2, 0.25) is 5.95 Å². The van der Waals surface area contributed by atoms with Gasteiger partial charge in [-0.05, 0) is 0 Å². The Labute approximate surface area is 138 Å². The van der Waals surface area contributed by atoms with Gasteiger partial charge in [0, 0.05) is 25.7 Å². The van der Waals surface area contributed by atoms with E-state index in [1.54, 1.807) is 13.8 Å². The molecule has 0 aliphatic rings. The predicted molar refractivity (Wildman–Crippen MR) is 87.3 cm³/mol. The van der Waals surface area contributed by atoms with Crippen LogP contribution in [0.2, 0.25) is 0 Å². The number of hydrogen-bond acceptors (Lipinski definition) is 7. The number of nitrogens with one attached hydrogen (secondary N) is 1. The van der Waals surface area contributed by atoms with Gasteiger partial charge in [-0.25, -0.2) is 4.98 Å². The highest BCUT2D eigenvalue weighted by Gasteiger charge is 2.18. The fraction of sp³-hybridized carbons (Fsp3) is 0.533. The van der Waals surface area contributed by atoms with Gasteiger partial charge in [0.25, 0.3) is 5.56 Å². The topological polar surface area (TPSA) is 133 Å². The third kappa shape index (κ3) is 4.25. The highest BCUT2D eigenvalue weighted by molar-refractivity contribution is 5.81. The van der Waals surface area contributed by atoms with Crippen LogP contribution in [-0.2, 0) is 21.1 Å². The van der Waals surface area contributed by atoms with Crippen LogP contribution in [0.25, 0.3) is 11.2 Å². The van der Waals surface area contributed by atoms with Gasteiger partial charge in [0.05, 0.1) is 12.4 Å². The van der Waals surface area contributed by atoms with Crippen LogP contribution >= 0.6 is 0 Å². The molecule has 2 rings (SSSR count). The molecule has 0 amide bonds. The van der Waals surface area contributed by atoms with E-state index < -0.39 is 11.7 Å². The number of hydrogen-bond donors (Lipinski definition) is 2. The lowest BCUT2D eigenvalue weighted by Crippen LogP contribution is -2.22. The lowest BCUT2D eigenvalue weighted by atomic mass is 10.0. The molecule has 130 valence electrons. The number of carbonyl (C=O) groups excluding carboxylic acids is 2. The van der Waals surface area contributed by atoms with Gasteiger partial charge in [-0.2, -0.15) is 4.98 Å². The zero-order valence-electron chi connectivity index (χ0n) is 13.7. The number of ketones is 2. The van der Waals surface area contributed by atoms with Crippen LogP contribution in [0.4, 0.5) is 5.95 Å². The van der Waals surface area contributed by atoms with Gasteiger partial charge >= 0.3 is 0 Å². The summed E-state index contributed by atoms with van der Waals surface area (Å²) in [5.41, 5.74) is 5.55. The maximum absolute atomic E-state index is 11.7. The Morgan fingerprint density at radius 2 is 1.92 bits per heavy atom. The number of imidazole rings is 1. The third-order valence-corrected chi connectivity index (χ3v) is 3.64. The molecule has 24 heavy (non-hydrogen) atoms. The van der Waals surface area contributed by atoms with Crippen LogP contribution in [-0.4, -0.2) is 37.2 Å². The molecule has 0 fully saturated rings. The highest BCUT2D eigenvalue weighted by Crippen LogP contribution is 2.12. The molecule has 0 unspecified atom stereocenters.